The van der Waals surface area contributed by atoms with Crippen LogP contribution in [0.4, 0.5) is 5.69 Å². The van der Waals surface area contributed by atoms with Crippen molar-refractivity contribution in [2.45, 2.75) is 20.0 Å². The van der Waals surface area contributed by atoms with E-state index >= 15 is 0 Å². The number of nitrogens with one attached hydrogen (secondary N) is 1. The van der Waals surface area contributed by atoms with Gasteiger partial charge < -0.3 is 10.1 Å². The molecule has 1 atom stereocenters. The van der Waals surface area contributed by atoms with E-state index < -0.39 is 18.0 Å². The molecular weight excluding hydrogens is 265 g/mol. The number of benzene rings is 1. The standard InChI is InChI=1S/C11H11Cl2NO3/c1-6(17-7(2)15)11(16)14-10-4-3-8(12)5-9(10)13/h3-6H,1-2H3,(H,14,16). The Hall–Kier alpha value is -1.26. The van der Waals surface area contributed by atoms with Gasteiger partial charge in [0.2, 0.25) is 0 Å². The van der Waals surface area contributed by atoms with Gasteiger partial charge in [-0.3, -0.25) is 9.59 Å². The van der Waals surface area contributed by atoms with Crippen LogP contribution >= 0.6 is 23.2 Å². The van der Waals surface area contributed by atoms with Gasteiger partial charge >= 0.3 is 5.97 Å². The minimum Gasteiger partial charge on any atom is -0.453 e. The number of hydrogen-bond acceptors (Lipinski definition) is 3. The lowest BCUT2D eigenvalue weighted by atomic mass is 10.3. The van der Waals surface area contributed by atoms with Crippen molar-refractivity contribution >= 4 is 40.8 Å². The molecule has 0 heterocycles. The minimum absolute atomic E-state index is 0.320. The van der Waals surface area contributed by atoms with Gasteiger partial charge in [-0.1, -0.05) is 23.2 Å². The fraction of sp³-hybridized carbons (Fsp3) is 0.273. The molecule has 1 rings (SSSR count). The molecule has 1 N–H and O–H groups in total. The van der Waals surface area contributed by atoms with Gasteiger partial charge in [-0.15, -0.1) is 0 Å². The Balaban J connectivity index is 2.71. The van der Waals surface area contributed by atoms with Crippen molar-refractivity contribution < 1.29 is 14.3 Å². The van der Waals surface area contributed by atoms with E-state index in [1.165, 1.54) is 19.9 Å². The first-order valence-electron chi connectivity index (χ1n) is 4.83. The van der Waals surface area contributed by atoms with Crippen LogP contribution in [0.1, 0.15) is 13.8 Å². The third-order valence-electron chi connectivity index (χ3n) is 1.90. The van der Waals surface area contributed by atoms with Crippen molar-refractivity contribution in [3.8, 4) is 0 Å². The molecule has 0 radical (unpaired) electrons. The highest BCUT2D eigenvalue weighted by Gasteiger charge is 2.16. The van der Waals surface area contributed by atoms with Crippen molar-refractivity contribution in [1.29, 1.82) is 0 Å². The van der Waals surface area contributed by atoms with E-state index in [2.05, 4.69) is 5.32 Å². The average Bonchev–Trinajstić information content (AvgIpc) is 2.21. The zero-order chi connectivity index (χ0) is 13.0. The number of esters is 1. The number of hydrogen-bond donors (Lipinski definition) is 1. The molecule has 0 saturated carbocycles. The second kappa shape index (κ2) is 5.89. The summed E-state index contributed by atoms with van der Waals surface area (Å²) in [5.74, 6) is -0.973. The van der Waals surface area contributed by atoms with Gasteiger partial charge in [0, 0.05) is 11.9 Å². The van der Waals surface area contributed by atoms with Gasteiger partial charge in [-0.2, -0.15) is 0 Å². The molecule has 0 aliphatic heterocycles. The molecule has 1 aromatic rings. The first-order valence-corrected chi connectivity index (χ1v) is 5.59. The van der Waals surface area contributed by atoms with E-state index in [9.17, 15) is 9.59 Å². The van der Waals surface area contributed by atoms with Crippen LogP contribution in [-0.4, -0.2) is 18.0 Å². The summed E-state index contributed by atoms with van der Waals surface area (Å²) in [4.78, 5) is 22.3. The number of amides is 1. The van der Waals surface area contributed by atoms with Gasteiger partial charge in [-0.25, -0.2) is 0 Å². The van der Waals surface area contributed by atoms with Crippen molar-refractivity contribution in [2.24, 2.45) is 0 Å². The van der Waals surface area contributed by atoms with Crippen LogP contribution < -0.4 is 5.32 Å². The van der Waals surface area contributed by atoms with Crippen molar-refractivity contribution in [3.63, 3.8) is 0 Å². The second-order valence-electron chi connectivity index (χ2n) is 3.37. The Labute approximate surface area is 109 Å². The topological polar surface area (TPSA) is 55.4 Å². The molecule has 0 fully saturated rings. The Kier molecular flexibility index (Phi) is 4.78. The van der Waals surface area contributed by atoms with Crippen LogP contribution in [0.3, 0.4) is 0 Å². The molecule has 1 unspecified atom stereocenters. The molecule has 4 nitrogen and oxygen atoms in total. The number of anilines is 1. The number of halogens is 2. The Morgan fingerprint density at radius 2 is 2.00 bits per heavy atom. The smallest absolute Gasteiger partial charge is 0.303 e. The van der Waals surface area contributed by atoms with Crippen LogP contribution in [-0.2, 0) is 14.3 Å². The highest BCUT2D eigenvalue weighted by Crippen LogP contribution is 2.25. The molecule has 0 saturated heterocycles. The minimum atomic E-state index is -0.876. The van der Waals surface area contributed by atoms with Gasteiger partial charge in [-0.05, 0) is 25.1 Å². The second-order valence-corrected chi connectivity index (χ2v) is 4.21. The average molecular weight is 276 g/mol. The SMILES string of the molecule is CC(=O)OC(C)C(=O)Nc1ccc(Cl)cc1Cl. The lowest BCUT2D eigenvalue weighted by Gasteiger charge is -2.13. The Morgan fingerprint density at radius 1 is 1.35 bits per heavy atom. The van der Waals surface area contributed by atoms with E-state index in [1.807, 2.05) is 0 Å². The third kappa shape index (κ3) is 4.24. The highest BCUT2D eigenvalue weighted by molar-refractivity contribution is 6.36. The first-order chi connectivity index (χ1) is 7.90. The number of ether oxygens (including phenoxy) is 1. The van der Waals surface area contributed by atoms with E-state index in [0.29, 0.717) is 15.7 Å². The van der Waals surface area contributed by atoms with Crippen molar-refractivity contribution in [2.75, 3.05) is 5.32 Å². The third-order valence-corrected chi connectivity index (χ3v) is 2.45. The molecule has 0 spiro atoms. The maximum atomic E-state index is 11.6. The van der Waals surface area contributed by atoms with Gasteiger partial charge in [0.1, 0.15) is 0 Å². The van der Waals surface area contributed by atoms with Gasteiger partial charge in [0.25, 0.3) is 5.91 Å². The molecule has 6 heteroatoms. The summed E-state index contributed by atoms with van der Waals surface area (Å²) in [7, 11) is 0. The number of carbonyl (C=O) groups is 2. The predicted molar refractivity (Wildman–Crippen MR) is 66.3 cm³/mol. The van der Waals surface area contributed by atoms with Gasteiger partial charge in [0.05, 0.1) is 10.7 Å². The number of carbonyl (C=O) groups excluding carboxylic acids is 2. The zero-order valence-corrected chi connectivity index (χ0v) is 10.8. The summed E-state index contributed by atoms with van der Waals surface area (Å²) in [5, 5.41) is 3.33. The quantitative estimate of drug-likeness (QED) is 0.863. The summed E-state index contributed by atoms with van der Waals surface area (Å²) in [6, 6.07) is 4.68. The molecular formula is C11H11Cl2NO3. The van der Waals surface area contributed by atoms with Crippen molar-refractivity contribution in [3.05, 3.63) is 28.2 Å². The summed E-state index contributed by atoms with van der Waals surface area (Å²) in [6.07, 6.45) is -0.876. The maximum Gasteiger partial charge on any atom is 0.303 e. The lowest BCUT2D eigenvalue weighted by molar-refractivity contribution is -0.150. The summed E-state index contributed by atoms with van der Waals surface area (Å²) >= 11 is 11.6. The molecule has 0 aliphatic rings. The zero-order valence-electron chi connectivity index (χ0n) is 9.29. The van der Waals surface area contributed by atoms with E-state index in [4.69, 9.17) is 27.9 Å². The summed E-state index contributed by atoms with van der Waals surface area (Å²) in [6.45, 7) is 2.71. The van der Waals surface area contributed by atoms with E-state index in [-0.39, 0.29) is 0 Å². The van der Waals surface area contributed by atoms with Crippen LogP contribution in [0, 0.1) is 0 Å². The van der Waals surface area contributed by atoms with Crippen molar-refractivity contribution in [1.82, 2.24) is 0 Å². The van der Waals surface area contributed by atoms with Crippen LogP contribution in [0.15, 0.2) is 18.2 Å². The maximum absolute atomic E-state index is 11.6. The van der Waals surface area contributed by atoms with E-state index in [1.54, 1.807) is 12.1 Å². The molecule has 1 amide bonds. The largest absolute Gasteiger partial charge is 0.453 e. The molecule has 92 valence electrons. The van der Waals surface area contributed by atoms with Crippen LogP contribution in [0.25, 0.3) is 0 Å². The highest BCUT2D eigenvalue weighted by atomic mass is 35.5. The van der Waals surface area contributed by atoms with Gasteiger partial charge in [0.15, 0.2) is 6.10 Å². The summed E-state index contributed by atoms with van der Waals surface area (Å²) in [5.41, 5.74) is 0.417. The fourth-order valence-corrected chi connectivity index (χ4v) is 1.58. The van der Waals surface area contributed by atoms with E-state index in [0.717, 1.165) is 0 Å². The van der Waals surface area contributed by atoms with Crippen LogP contribution in [0.2, 0.25) is 10.0 Å². The Morgan fingerprint density at radius 3 is 2.53 bits per heavy atom. The summed E-state index contributed by atoms with van der Waals surface area (Å²) < 4.78 is 4.73. The molecule has 0 bridgehead atoms. The molecule has 0 aromatic heterocycles. The first kappa shape index (κ1) is 13.8. The molecule has 1 aromatic carbocycles. The fourth-order valence-electron chi connectivity index (χ4n) is 1.13. The predicted octanol–water partition coefficient (Wildman–Crippen LogP) is 2.88. The monoisotopic (exact) mass is 275 g/mol. The Bertz CT molecular complexity index is 448. The van der Waals surface area contributed by atoms with Crippen LogP contribution in [0.5, 0.6) is 0 Å². The number of rotatable bonds is 3. The normalized spacial score (nSPS) is 11.8. The molecule has 0 aliphatic carbocycles. The lowest BCUT2D eigenvalue weighted by Crippen LogP contribution is -2.29. The molecule has 17 heavy (non-hydrogen) atoms.